The Balaban J connectivity index is 0.000000902. The Hall–Kier alpha value is 0.423. The van der Waals surface area contributed by atoms with Gasteiger partial charge in [-0.2, -0.15) is 0 Å². The van der Waals surface area contributed by atoms with Crippen molar-refractivity contribution in [1.82, 2.24) is 0 Å². The van der Waals surface area contributed by atoms with Crippen LogP contribution in [0, 0.1) is 5.92 Å². The van der Waals surface area contributed by atoms with E-state index in [1.165, 1.54) is 6.42 Å². The summed E-state index contributed by atoms with van der Waals surface area (Å²) in [6.07, 6.45) is 8.38. The predicted octanol–water partition coefficient (Wildman–Crippen LogP) is -0.898. The summed E-state index contributed by atoms with van der Waals surface area (Å²) < 4.78 is 6.99. The molecule has 3 heteroatoms. The van der Waals surface area contributed by atoms with Gasteiger partial charge >= 0.3 is 110 Å². The molecule has 0 amide bonds. The zero-order chi connectivity index (χ0) is 12.2. The van der Waals surface area contributed by atoms with Gasteiger partial charge in [0.1, 0.15) is 0 Å². The number of halogens is 2. The Labute approximate surface area is 134 Å². The molecule has 3 rings (SSSR count). The van der Waals surface area contributed by atoms with Gasteiger partial charge in [0.2, 0.25) is 0 Å². The van der Waals surface area contributed by atoms with Crippen molar-refractivity contribution in [3.05, 3.63) is 41.5 Å². The SMILES string of the molecule is CC1=C(C)C(C)[C]([Zr+2]2([C]3=CC=CC3)[CH2][CH2]2)=C1C.[Cl-].[Cl-]. The van der Waals surface area contributed by atoms with Crippen LogP contribution in [0.1, 0.15) is 34.1 Å². The molecular weight excluding hydrogens is 354 g/mol. The smallest absolute Gasteiger partial charge is 1.00 e. The zero-order valence-electron chi connectivity index (χ0n) is 12.2. The molecule has 1 saturated heterocycles. The van der Waals surface area contributed by atoms with Crippen LogP contribution in [0.15, 0.2) is 41.5 Å². The fourth-order valence-electron chi connectivity index (χ4n) is 3.83. The van der Waals surface area contributed by atoms with Gasteiger partial charge in [0.05, 0.1) is 0 Å². The van der Waals surface area contributed by atoms with Crippen LogP contribution in [0.4, 0.5) is 0 Å². The normalized spacial score (nSPS) is 25.5. The summed E-state index contributed by atoms with van der Waals surface area (Å²) in [7, 11) is 0. The van der Waals surface area contributed by atoms with Crippen molar-refractivity contribution < 1.29 is 45.1 Å². The van der Waals surface area contributed by atoms with Crippen molar-refractivity contribution in [1.29, 1.82) is 0 Å². The van der Waals surface area contributed by atoms with Crippen molar-refractivity contribution in [2.75, 3.05) is 0 Å². The third-order valence-electron chi connectivity index (χ3n) is 5.29. The predicted molar refractivity (Wildman–Crippen MR) is 71.7 cm³/mol. The van der Waals surface area contributed by atoms with E-state index in [1.807, 2.05) is 6.56 Å². The minimum atomic E-state index is -1.99. The van der Waals surface area contributed by atoms with Crippen LogP contribution < -0.4 is 24.8 Å². The zero-order valence-corrected chi connectivity index (χ0v) is 16.2. The maximum absolute atomic E-state index is 2.46. The van der Waals surface area contributed by atoms with E-state index >= 15 is 0 Å². The van der Waals surface area contributed by atoms with Crippen molar-refractivity contribution in [3.63, 3.8) is 0 Å². The molecule has 104 valence electrons. The standard InChI is InChI=1S/C9H13.C5H5.C2H4.2ClH.Zr/c1-6-5-7(2)9(4)8(6)3;1-2-4-5-3-1;1-2;;;/h6H,1-4H3;1-3H,4H2;1-2H2;2*1H;/q;;;;;+2/p-2. The summed E-state index contributed by atoms with van der Waals surface area (Å²) in [5.41, 5.74) is 4.92. The van der Waals surface area contributed by atoms with Crippen LogP contribution in [-0.2, 0) is 20.3 Å². The molecule has 2 aliphatic carbocycles. The van der Waals surface area contributed by atoms with Crippen LogP contribution in [-0.4, -0.2) is 0 Å². The van der Waals surface area contributed by atoms with Gasteiger partial charge in [-0.05, 0) is 0 Å². The molecule has 1 fully saturated rings. The van der Waals surface area contributed by atoms with E-state index in [0.29, 0.717) is 0 Å². The minimum absolute atomic E-state index is 0. The van der Waals surface area contributed by atoms with Crippen molar-refractivity contribution in [2.24, 2.45) is 5.92 Å². The molecule has 0 aromatic carbocycles. The van der Waals surface area contributed by atoms with Gasteiger partial charge in [-0.15, -0.1) is 0 Å². The molecule has 1 aliphatic heterocycles. The van der Waals surface area contributed by atoms with E-state index in [4.69, 9.17) is 0 Å². The van der Waals surface area contributed by atoms with Crippen LogP contribution in [0.5, 0.6) is 0 Å². The maximum atomic E-state index is 2.46. The average molecular weight is 376 g/mol. The second kappa shape index (κ2) is 6.04. The van der Waals surface area contributed by atoms with Crippen LogP contribution in [0.2, 0.25) is 8.26 Å². The summed E-state index contributed by atoms with van der Waals surface area (Å²) >= 11 is -1.99. The number of rotatable bonds is 2. The Morgan fingerprint density at radius 2 is 1.68 bits per heavy atom. The fraction of sp³-hybridized carbons (Fsp3) is 0.500. The largest absolute Gasteiger partial charge is 1.00 e. The summed E-state index contributed by atoms with van der Waals surface area (Å²) in [4.78, 5) is 0. The van der Waals surface area contributed by atoms with Gasteiger partial charge in [-0.1, -0.05) is 0 Å². The molecule has 0 bridgehead atoms. The molecule has 1 atom stereocenters. The van der Waals surface area contributed by atoms with E-state index in [9.17, 15) is 0 Å². The Kier molecular flexibility index (Phi) is 5.56. The van der Waals surface area contributed by atoms with Gasteiger partial charge in [0, 0.05) is 0 Å². The topological polar surface area (TPSA) is 0 Å². The van der Waals surface area contributed by atoms with Crippen LogP contribution in [0.25, 0.3) is 0 Å². The van der Waals surface area contributed by atoms with E-state index in [1.54, 1.807) is 25.0 Å². The quantitative estimate of drug-likeness (QED) is 0.586. The molecular formula is C16H22Cl2Zr. The van der Waals surface area contributed by atoms with Gasteiger partial charge in [0.15, 0.2) is 0 Å². The molecule has 0 saturated carbocycles. The van der Waals surface area contributed by atoms with Crippen molar-refractivity contribution >= 4 is 0 Å². The first-order valence-corrected chi connectivity index (χ1v) is 12.8. The first-order chi connectivity index (χ1) is 8.08. The van der Waals surface area contributed by atoms with E-state index in [2.05, 4.69) is 45.9 Å². The minimum Gasteiger partial charge on any atom is -1.00 e. The molecule has 0 radical (unpaired) electrons. The molecule has 1 unspecified atom stereocenters. The van der Waals surface area contributed by atoms with Gasteiger partial charge < -0.3 is 24.8 Å². The van der Waals surface area contributed by atoms with Crippen molar-refractivity contribution in [2.45, 2.75) is 42.4 Å². The average Bonchev–Trinajstić information content (AvgIpc) is 2.86. The Morgan fingerprint density at radius 3 is 2.05 bits per heavy atom. The van der Waals surface area contributed by atoms with Crippen LogP contribution in [0.3, 0.4) is 0 Å². The first kappa shape index (κ1) is 17.5. The van der Waals surface area contributed by atoms with Crippen LogP contribution >= 0.6 is 0 Å². The van der Waals surface area contributed by atoms with E-state index < -0.39 is 20.3 Å². The molecule has 19 heavy (non-hydrogen) atoms. The van der Waals surface area contributed by atoms with Gasteiger partial charge in [0.25, 0.3) is 0 Å². The first-order valence-electron chi connectivity index (χ1n) is 6.83. The molecule has 1 heterocycles. The second-order valence-corrected chi connectivity index (χ2v) is 16.7. The summed E-state index contributed by atoms with van der Waals surface area (Å²) in [6, 6.07) is 0. The van der Waals surface area contributed by atoms with Crippen molar-refractivity contribution in [3.8, 4) is 0 Å². The van der Waals surface area contributed by atoms with E-state index in [-0.39, 0.29) is 24.8 Å². The summed E-state index contributed by atoms with van der Waals surface area (Å²) in [5.74, 6) is 0.759. The Bertz CT molecular complexity index is 505. The molecule has 0 nitrogen and oxygen atoms in total. The molecule has 0 spiro atoms. The molecule has 0 N–H and O–H groups in total. The van der Waals surface area contributed by atoms with E-state index in [0.717, 1.165) is 5.92 Å². The maximum Gasteiger partial charge on any atom is -1.00 e. The third kappa shape index (κ3) is 2.52. The number of hydrogen-bond donors (Lipinski definition) is 0. The third-order valence-corrected chi connectivity index (χ3v) is 17.4. The molecule has 3 aliphatic rings. The van der Waals surface area contributed by atoms with Gasteiger partial charge in [-0.3, -0.25) is 0 Å². The summed E-state index contributed by atoms with van der Waals surface area (Å²) in [5, 5.41) is 0. The molecule has 0 aromatic heterocycles. The fourth-order valence-corrected chi connectivity index (χ4v) is 18.9. The number of hydrogen-bond acceptors (Lipinski definition) is 0. The van der Waals surface area contributed by atoms with Gasteiger partial charge in [-0.25, -0.2) is 0 Å². The monoisotopic (exact) mass is 374 g/mol. The molecule has 0 aromatic rings. The number of allylic oxidation sites excluding steroid dienone is 8. The Morgan fingerprint density at radius 1 is 1.05 bits per heavy atom. The summed E-state index contributed by atoms with van der Waals surface area (Å²) in [6.45, 7) is 9.51. The second-order valence-electron chi connectivity index (χ2n) is 5.97.